The summed E-state index contributed by atoms with van der Waals surface area (Å²) in [5, 5.41) is 9.80. The molecule has 2 unspecified atom stereocenters. The third kappa shape index (κ3) is 2.04. The molecule has 0 radical (unpaired) electrons. The Bertz CT molecular complexity index is 319. The minimum absolute atomic E-state index is 0.242. The van der Waals surface area contributed by atoms with Crippen molar-refractivity contribution in [1.29, 1.82) is 0 Å². The summed E-state index contributed by atoms with van der Waals surface area (Å²) in [5.74, 6) is -2.06. The van der Waals surface area contributed by atoms with E-state index in [0.29, 0.717) is 12.8 Å². The first kappa shape index (κ1) is 12.4. The van der Waals surface area contributed by atoms with Gasteiger partial charge in [0, 0.05) is 0 Å². The largest absolute Gasteiger partial charge is 0.466 e. The lowest BCUT2D eigenvalue weighted by molar-refractivity contribution is -0.161. The molecule has 0 aromatic carbocycles. The summed E-state index contributed by atoms with van der Waals surface area (Å²) >= 11 is 0. The van der Waals surface area contributed by atoms with E-state index in [9.17, 15) is 14.7 Å². The van der Waals surface area contributed by atoms with Crippen molar-refractivity contribution >= 4 is 11.9 Å². The van der Waals surface area contributed by atoms with E-state index in [1.54, 1.807) is 6.92 Å². The Hall–Kier alpha value is -1.10. The lowest BCUT2D eigenvalue weighted by Crippen LogP contribution is -2.45. The van der Waals surface area contributed by atoms with Gasteiger partial charge in [-0.2, -0.15) is 0 Å². The Morgan fingerprint density at radius 1 is 1.47 bits per heavy atom. The van der Waals surface area contributed by atoms with Crippen LogP contribution in [0.2, 0.25) is 0 Å². The molecule has 2 fully saturated rings. The van der Waals surface area contributed by atoms with Gasteiger partial charge in [-0.25, -0.2) is 4.79 Å². The molecule has 5 nitrogen and oxygen atoms in total. The summed E-state index contributed by atoms with van der Waals surface area (Å²) in [6.45, 7) is 1.95. The van der Waals surface area contributed by atoms with Crippen LogP contribution in [0.15, 0.2) is 0 Å². The minimum atomic E-state index is -1.37. The molecule has 2 rings (SSSR count). The number of hydrogen-bond acceptors (Lipinski definition) is 5. The molecule has 0 bridgehead atoms. The summed E-state index contributed by atoms with van der Waals surface area (Å²) in [4.78, 5) is 23.3. The molecular weight excluding hydrogens is 224 g/mol. The quantitative estimate of drug-likeness (QED) is 0.725. The third-order valence-electron chi connectivity index (χ3n) is 3.67. The van der Waals surface area contributed by atoms with Crippen LogP contribution in [0.4, 0.5) is 0 Å². The van der Waals surface area contributed by atoms with Gasteiger partial charge >= 0.3 is 11.9 Å². The van der Waals surface area contributed by atoms with Gasteiger partial charge in [0.05, 0.1) is 6.61 Å². The van der Waals surface area contributed by atoms with Crippen LogP contribution in [0.5, 0.6) is 0 Å². The Balaban J connectivity index is 2.23. The fourth-order valence-electron chi connectivity index (χ4n) is 2.89. The molecule has 0 aromatic heterocycles. The van der Waals surface area contributed by atoms with E-state index < -0.39 is 29.6 Å². The molecule has 1 N–H and O–H groups in total. The van der Waals surface area contributed by atoms with E-state index in [-0.39, 0.29) is 6.61 Å². The molecule has 96 valence electrons. The highest BCUT2D eigenvalue weighted by Gasteiger charge is 2.59. The van der Waals surface area contributed by atoms with Crippen molar-refractivity contribution in [2.24, 2.45) is 5.92 Å². The van der Waals surface area contributed by atoms with E-state index >= 15 is 0 Å². The minimum Gasteiger partial charge on any atom is -0.466 e. The number of esters is 2. The Kier molecular flexibility index (Phi) is 3.38. The van der Waals surface area contributed by atoms with E-state index in [1.807, 2.05) is 0 Å². The monoisotopic (exact) mass is 242 g/mol. The number of aliphatic hydroxyl groups excluding tert-OH is 1. The molecule has 1 saturated carbocycles. The van der Waals surface area contributed by atoms with Crippen LogP contribution in [-0.2, 0) is 19.1 Å². The highest BCUT2D eigenvalue weighted by molar-refractivity contribution is 5.88. The van der Waals surface area contributed by atoms with E-state index in [2.05, 4.69) is 0 Å². The zero-order valence-electron chi connectivity index (χ0n) is 9.98. The van der Waals surface area contributed by atoms with Crippen LogP contribution in [0, 0.1) is 5.92 Å². The molecular formula is C12H18O5. The third-order valence-corrected chi connectivity index (χ3v) is 3.67. The maximum atomic E-state index is 11.9. The van der Waals surface area contributed by atoms with Crippen molar-refractivity contribution in [3.05, 3.63) is 0 Å². The number of carbonyl (C=O) groups excluding carboxylic acids is 2. The predicted molar refractivity (Wildman–Crippen MR) is 58.0 cm³/mol. The standard InChI is InChI=1S/C12H18O5/c1-2-16-10(14)8-9(13)11(15)17-12(8)6-4-3-5-7-12/h8-9,13H,2-7H2,1H3. The first-order valence-electron chi connectivity index (χ1n) is 6.18. The summed E-state index contributed by atoms with van der Waals surface area (Å²) in [6, 6.07) is 0. The molecule has 1 aliphatic heterocycles. The van der Waals surface area contributed by atoms with Crippen molar-refractivity contribution in [2.75, 3.05) is 6.61 Å². The predicted octanol–water partition coefficient (Wildman–Crippen LogP) is 0.786. The Morgan fingerprint density at radius 2 is 2.12 bits per heavy atom. The molecule has 1 heterocycles. The Morgan fingerprint density at radius 3 is 2.71 bits per heavy atom. The van der Waals surface area contributed by atoms with E-state index in [0.717, 1.165) is 19.3 Å². The zero-order valence-corrected chi connectivity index (χ0v) is 9.98. The van der Waals surface area contributed by atoms with Gasteiger partial charge in [0.15, 0.2) is 6.10 Å². The molecule has 1 aliphatic carbocycles. The van der Waals surface area contributed by atoms with Gasteiger partial charge < -0.3 is 14.6 Å². The maximum absolute atomic E-state index is 11.9. The molecule has 1 spiro atoms. The maximum Gasteiger partial charge on any atom is 0.336 e. The van der Waals surface area contributed by atoms with Gasteiger partial charge in [-0.05, 0) is 32.6 Å². The number of hydrogen-bond donors (Lipinski definition) is 1. The molecule has 17 heavy (non-hydrogen) atoms. The highest BCUT2D eigenvalue weighted by atomic mass is 16.6. The fraction of sp³-hybridized carbons (Fsp3) is 0.833. The van der Waals surface area contributed by atoms with Crippen LogP contribution in [-0.4, -0.2) is 35.4 Å². The molecule has 5 heteroatoms. The SMILES string of the molecule is CCOC(=O)C1C(O)C(=O)OC12CCCCC2. The summed E-state index contributed by atoms with van der Waals surface area (Å²) in [5.41, 5.74) is -0.818. The topological polar surface area (TPSA) is 72.8 Å². The van der Waals surface area contributed by atoms with Crippen molar-refractivity contribution in [3.8, 4) is 0 Å². The van der Waals surface area contributed by atoms with Crippen LogP contribution in [0.3, 0.4) is 0 Å². The summed E-state index contributed by atoms with van der Waals surface area (Å²) in [7, 11) is 0. The number of aliphatic hydroxyl groups is 1. The first-order chi connectivity index (χ1) is 8.10. The van der Waals surface area contributed by atoms with Crippen molar-refractivity contribution in [1.82, 2.24) is 0 Å². The summed E-state index contributed by atoms with van der Waals surface area (Å²) in [6.07, 6.45) is 2.81. The van der Waals surface area contributed by atoms with Crippen molar-refractivity contribution in [2.45, 2.75) is 50.7 Å². The van der Waals surface area contributed by atoms with E-state index in [1.165, 1.54) is 0 Å². The lowest BCUT2D eigenvalue weighted by atomic mass is 9.75. The second-order valence-corrected chi connectivity index (χ2v) is 4.72. The molecule has 0 aromatic rings. The second-order valence-electron chi connectivity index (χ2n) is 4.72. The van der Waals surface area contributed by atoms with E-state index in [4.69, 9.17) is 9.47 Å². The van der Waals surface area contributed by atoms with Gasteiger partial charge in [-0.1, -0.05) is 6.42 Å². The van der Waals surface area contributed by atoms with Crippen LogP contribution in [0.1, 0.15) is 39.0 Å². The van der Waals surface area contributed by atoms with Gasteiger partial charge in [0.2, 0.25) is 0 Å². The normalized spacial score (nSPS) is 31.3. The average molecular weight is 242 g/mol. The smallest absolute Gasteiger partial charge is 0.336 e. The average Bonchev–Trinajstić information content (AvgIpc) is 2.52. The van der Waals surface area contributed by atoms with Gasteiger partial charge in [-0.15, -0.1) is 0 Å². The highest BCUT2D eigenvalue weighted by Crippen LogP contribution is 2.44. The Labute approximate surface area is 100 Å². The molecule has 2 atom stereocenters. The number of rotatable bonds is 2. The second kappa shape index (κ2) is 4.64. The fourth-order valence-corrected chi connectivity index (χ4v) is 2.89. The van der Waals surface area contributed by atoms with Crippen molar-refractivity contribution in [3.63, 3.8) is 0 Å². The lowest BCUT2D eigenvalue weighted by Gasteiger charge is -2.35. The number of ether oxygens (including phenoxy) is 2. The van der Waals surface area contributed by atoms with Gasteiger partial charge in [0.1, 0.15) is 11.5 Å². The van der Waals surface area contributed by atoms with Crippen LogP contribution < -0.4 is 0 Å². The zero-order chi connectivity index (χ0) is 12.5. The number of carbonyl (C=O) groups is 2. The van der Waals surface area contributed by atoms with Crippen LogP contribution >= 0.6 is 0 Å². The summed E-state index contributed by atoms with van der Waals surface area (Å²) < 4.78 is 10.2. The molecule has 0 amide bonds. The molecule has 1 saturated heterocycles. The van der Waals surface area contributed by atoms with Gasteiger partial charge in [0.25, 0.3) is 0 Å². The molecule has 2 aliphatic rings. The van der Waals surface area contributed by atoms with Crippen LogP contribution in [0.25, 0.3) is 0 Å². The first-order valence-corrected chi connectivity index (χ1v) is 6.18. The van der Waals surface area contributed by atoms with Crippen molar-refractivity contribution < 1.29 is 24.2 Å². The van der Waals surface area contributed by atoms with Gasteiger partial charge in [-0.3, -0.25) is 4.79 Å².